The molecule has 1 atom stereocenters. The van der Waals surface area contributed by atoms with Crippen LogP contribution in [0.2, 0.25) is 5.02 Å². The van der Waals surface area contributed by atoms with E-state index in [1.807, 2.05) is 31.2 Å². The lowest BCUT2D eigenvalue weighted by Crippen LogP contribution is -2.32. The van der Waals surface area contributed by atoms with Gasteiger partial charge in [-0.05, 0) is 43.7 Å². The fourth-order valence-electron chi connectivity index (χ4n) is 4.41. The van der Waals surface area contributed by atoms with Gasteiger partial charge in [0.1, 0.15) is 10.8 Å². The number of aromatic nitrogens is 2. The van der Waals surface area contributed by atoms with Crippen molar-refractivity contribution >= 4 is 40.4 Å². The average molecular weight is 524 g/mol. The Morgan fingerprint density at radius 1 is 1.11 bits per heavy atom. The van der Waals surface area contributed by atoms with E-state index in [-0.39, 0.29) is 0 Å². The van der Waals surface area contributed by atoms with Crippen LogP contribution in [0, 0.1) is 0 Å². The van der Waals surface area contributed by atoms with Gasteiger partial charge in [-0.1, -0.05) is 50.6 Å². The number of rotatable bonds is 12. The molecule has 198 valence electrons. The van der Waals surface area contributed by atoms with Gasteiger partial charge in [-0.2, -0.15) is 4.98 Å². The van der Waals surface area contributed by atoms with Crippen LogP contribution in [-0.2, 0) is 6.54 Å². The first-order chi connectivity index (χ1) is 18.0. The minimum Gasteiger partial charge on any atom is -0.492 e. The van der Waals surface area contributed by atoms with Gasteiger partial charge >= 0.3 is 0 Å². The molecule has 1 saturated heterocycles. The SMILES string of the molecule is CCN[C@@H]1CCN(c2ccc(Nc3ncc(Cl)c(Nc4ccccc4CNC(C)C)n3)c(OCC)c2)C1. The van der Waals surface area contributed by atoms with Gasteiger partial charge in [-0.3, -0.25) is 0 Å². The molecule has 1 aromatic heterocycles. The van der Waals surface area contributed by atoms with Crippen LogP contribution < -0.4 is 30.9 Å². The summed E-state index contributed by atoms with van der Waals surface area (Å²) in [5.74, 6) is 1.74. The highest BCUT2D eigenvalue weighted by molar-refractivity contribution is 6.32. The molecule has 0 radical (unpaired) electrons. The normalized spacial score (nSPS) is 15.3. The average Bonchev–Trinajstić information content (AvgIpc) is 3.35. The maximum absolute atomic E-state index is 6.47. The summed E-state index contributed by atoms with van der Waals surface area (Å²) in [6.45, 7) is 12.7. The van der Waals surface area contributed by atoms with E-state index in [4.69, 9.17) is 16.3 Å². The maximum Gasteiger partial charge on any atom is 0.229 e. The zero-order chi connectivity index (χ0) is 26.2. The first-order valence-electron chi connectivity index (χ1n) is 13.1. The van der Waals surface area contributed by atoms with Crippen LogP contribution in [0.25, 0.3) is 0 Å². The van der Waals surface area contributed by atoms with E-state index in [2.05, 4.69) is 75.1 Å². The molecule has 0 saturated carbocycles. The van der Waals surface area contributed by atoms with Crippen molar-refractivity contribution < 1.29 is 4.74 Å². The Bertz CT molecular complexity index is 1170. The number of likely N-dealkylation sites (N-methyl/N-ethyl adjacent to an activating group) is 1. The summed E-state index contributed by atoms with van der Waals surface area (Å²) in [7, 11) is 0. The van der Waals surface area contributed by atoms with Gasteiger partial charge in [0.15, 0.2) is 5.82 Å². The monoisotopic (exact) mass is 523 g/mol. The number of benzene rings is 2. The predicted molar refractivity (Wildman–Crippen MR) is 154 cm³/mol. The molecular formula is C28H38ClN7O. The second-order valence-electron chi connectivity index (χ2n) is 9.44. The fourth-order valence-corrected chi connectivity index (χ4v) is 4.55. The highest BCUT2D eigenvalue weighted by Gasteiger charge is 2.22. The minimum absolute atomic E-state index is 0.386. The van der Waals surface area contributed by atoms with E-state index >= 15 is 0 Å². The van der Waals surface area contributed by atoms with Crippen molar-refractivity contribution in [2.24, 2.45) is 0 Å². The van der Waals surface area contributed by atoms with Crippen LogP contribution in [-0.4, -0.2) is 48.3 Å². The van der Waals surface area contributed by atoms with Crippen molar-refractivity contribution in [1.82, 2.24) is 20.6 Å². The fraction of sp³-hybridized carbons (Fsp3) is 0.429. The molecular weight excluding hydrogens is 486 g/mol. The Hall–Kier alpha value is -3.07. The Morgan fingerprint density at radius 3 is 2.73 bits per heavy atom. The van der Waals surface area contributed by atoms with E-state index in [9.17, 15) is 0 Å². The molecule has 8 nitrogen and oxygen atoms in total. The van der Waals surface area contributed by atoms with Crippen molar-refractivity contribution in [3.05, 3.63) is 59.2 Å². The number of ether oxygens (including phenoxy) is 1. The van der Waals surface area contributed by atoms with Gasteiger partial charge in [0, 0.05) is 49.2 Å². The Morgan fingerprint density at radius 2 is 1.95 bits per heavy atom. The van der Waals surface area contributed by atoms with E-state index in [0.29, 0.717) is 35.5 Å². The highest BCUT2D eigenvalue weighted by atomic mass is 35.5. The van der Waals surface area contributed by atoms with Gasteiger partial charge in [0.2, 0.25) is 5.95 Å². The third-order valence-electron chi connectivity index (χ3n) is 6.27. The van der Waals surface area contributed by atoms with Crippen molar-refractivity contribution in [1.29, 1.82) is 0 Å². The number of anilines is 5. The molecule has 2 aromatic carbocycles. The number of halogens is 1. The van der Waals surface area contributed by atoms with Crippen LogP contribution in [0.4, 0.5) is 28.8 Å². The summed E-state index contributed by atoms with van der Waals surface area (Å²) in [5.41, 5.74) is 4.04. The molecule has 0 spiro atoms. The molecule has 4 N–H and O–H groups in total. The number of nitrogens with zero attached hydrogens (tertiary/aromatic N) is 3. The molecule has 1 aliphatic heterocycles. The summed E-state index contributed by atoms with van der Waals surface area (Å²) in [6.07, 6.45) is 2.75. The lowest BCUT2D eigenvalue weighted by Gasteiger charge is -2.21. The topological polar surface area (TPSA) is 86.4 Å². The van der Waals surface area contributed by atoms with Gasteiger partial charge in [-0.15, -0.1) is 0 Å². The Balaban J connectivity index is 1.52. The number of nitrogens with one attached hydrogen (secondary N) is 4. The summed E-state index contributed by atoms with van der Waals surface area (Å²) in [4.78, 5) is 11.5. The van der Waals surface area contributed by atoms with Crippen LogP contribution >= 0.6 is 11.6 Å². The smallest absolute Gasteiger partial charge is 0.229 e. The molecule has 4 rings (SSSR count). The first-order valence-corrected chi connectivity index (χ1v) is 13.5. The van der Waals surface area contributed by atoms with Crippen LogP contribution in [0.15, 0.2) is 48.7 Å². The largest absolute Gasteiger partial charge is 0.492 e. The quantitative estimate of drug-likeness (QED) is 0.240. The third-order valence-corrected chi connectivity index (χ3v) is 6.55. The number of para-hydroxylation sites is 1. The summed E-state index contributed by atoms with van der Waals surface area (Å²) in [5, 5.41) is 14.2. The van der Waals surface area contributed by atoms with E-state index in [1.54, 1.807) is 6.20 Å². The molecule has 9 heteroatoms. The van der Waals surface area contributed by atoms with Crippen molar-refractivity contribution in [3.63, 3.8) is 0 Å². The van der Waals surface area contributed by atoms with Crippen molar-refractivity contribution in [2.75, 3.05) is 41.8 Å². The second kappa shape index (κ2) is 12.9. The first kappa shape index (κ1) is 27.0. The molecule has 2 heterocycles. The van der Waals surface area contributed by atoms with Gasteiger partial charge in [0.25, 0.3) is 0 Å². The van der Waals surface area contributed by atoms with Crippen LogP contribution in [0.1, 0.15) is 39.7 Å². The minimum atomic E-state index is 0.386. The van der Waals surface area contributed by atoms with Crippen LogP contribution in [0.3, 0.4) is 0 Å². The van der Waals surface area contributed by atoms with Gasteiger partial charge < -0.3 is 30.9 Å². The Labute approximate surface area is 225 Å². The summed E-state index contributed by atoms with van der Waals surface area (Å²) in [6, 6.07) is 15.3. The lowest BCUT2D eigenvalue weighted by molar-refractivity contribution is 0.342. The zero-order valence-corrected chi connectivity index (χ0v) is 22.9. The molecule has 3 aromatic rings. The number of hydrogen-bond acceptors (Lipinski definition) is 8. The van der Waals surface area contributed by atoms with E-state index in [1.165, 1.54) is 0 Å². The molecule has 37 heavy (non-hydrogen) atoms. The zero-order valence-electron chi connectivity index (χ0n) is 22.1. The standard InChI is InChI=1S/C28H38ClN7O/c1-5-30-21-13-14-36(18-21)22-11-12-25(26(15-22)37-6-2)34-28-32-17-23(29)27(35-28)33-24-10-8-7-9-20(24)16-31-19(3)4/h7-12,15,17,19,21,30-31H,5-6,13-14,16,18H2,1-4H3,(H2,32,33,34,35)/t21-/m1/s1. The lowest BCUT2D eigenvalue weighted by atomic mass is 10.1. The molecule has 0 aliphatic carbocycles. The molecule has 0 amide bonds. The van der Waals surface area contributed by atoms with Crippen molar-refractivity contribution in [3.8, 4) is 5.75 Å². The molecule has 1 fully saturated rings. The highest BCUT2D eigenvalue weighted by Crippen LogP contribution is 2.34. The predicted octanol–water partition coefficient (Wildman–Crippen LogP) is 5.70. The van der Waals surface area contributed by atoms with Crippen molar-refractivity contribution in [2.45, 2.75) is 52.7 Å². The van der Waals surface area contributed by atoms with E-state index in [0.717, 1.165) is 61.0 Å². The molecule has 0 unspecified atom stereocenters. The maximum atomic E-state index is 6.47. The van der Waals surface area contributed by atoms with Gasteiger partial charge in [-0.25, -0.2) is 4.98 Å². The molecule has 0 bridgehead atoms. The summed E-state index contributed by atoms with van der Waals surface area (Å²) >= 11 is 6.47. The second-order valence-corrected chi connectivity index (χ2v) is 9.84. The number of hydrogen-bond donors (Lipinski definition) is 4. The van der Waals surface area contributed by atoms with Crippen LogP contribution in [0.5, 0.6) is 5.75 Å². The van der Waals surface area contributed by atoms with Gasteiger partial charge in [0.05, 0.1) is 18.5 Å². The summed E-state index contributed by atoms with van der Waals surface area (Å²) < 4.78 is 5.99. The Kier molecular flexibility index (Phi) is 9.44. The third kappa shape index (κ3) is 7.25. The van der Waals surface area contributed by atoms with E-state index < -0.39 is 0 Å². The molecule has 1 aliphatic rings.